The summed E-state index contributed by atoms with van der Waals surface area (Å²) in [4.78, 5) is 54.5. The average Bonchev–Trinajstić information content (AvgIpc) is 3.79. The molecule has 240 valence electrons. The first kappa shape index (κ1) is 33.5. The minimum absolute atomic E-state index is 0.00565. The van der Waals surface area contributed by atoms with Gasteiger partial charge in [-0.1, -0.05) is 27.7 Å². The Balaban J connectivity index is 1.64. The maximum atomic E-state index is 13.7. The highest BCUT2D eigenvalue weighted by Crippen LogP contribution is 2.40. The van der Waals surface area contributed by atoms with Gasteiger partial charge in [-0.05, 0) is 43.7 Å². The van der Waals surface area contributed by atoms with Gasteiger partial charge in [0.05, 0.1) is 25.0 Å². The van der Waals surface area contributed by atoms with E-state index in [4.69, 9.17) is 28.9 Å². The van der Waals surface area contributed by atoms with Crippen LogP contribution in [0.3, 0.4) is 0 Å². The molecule has 0 radical (unpaired) electrons. The number of carbonyl (C=O) groups is 3. The Hall–Kier alpha value is -4.35. The maximum Gasteiger partial charge on any atom is 0.341 e. The molecule has 11 heteroatoms. The number of hydrogen-bond acceptors (Lipinski definition) is 9. The molecular formula is C34H42N4O7. The monoisotopic (exact) mass is 618 g/mol. The number of allylic oxidation sites excluding steroid dienone is 3. The molecule has 2 atom stereocenters. The fourth-order valence-corrected chi connectivity index (χ4v) is 5.67. The number of methoxy groups -OCH3 is 3. The van der Waals surface area contributed by atoms with Gasteiger partial charge in [0, 0.05) is 84.3 Å². The number of H-pyrrole nitrogens is 2. The van der Waals surface area contributed by atoms with Crippen molar-refractivity contribution in [3.63, 3.8) is 0 Å². The zero-order chi connectivity index (χ0) is 32.9. The van der Waals surface area contributed by atoms with Crippen LogP contribution in [-0.4, -0.2) is 73.3 Å². The minimum atomic E-state index is -0.747. The van der Waals surface area contributed by atoms with Gasteiger partial charge in [0.1, 0.15) is 5.57 Å². The molecule has 0 amide bonds. The van der Waals surface area contributed by atoms with Crippen LogP contribution in [0.25, 0.3) is 12.2 Å². The topological polar surface area (TPSA) is 144 Å². The molecule has 2 aliphatic rings. The van der Waals surface area contributed by atoms with E-state index in [1.165, 1.54) is 13.2 Å². The fourth-order valence-electron chi connectivity index (χ4n) is 5.67. The highest BCUT2D eigenvalue weighted by molar-refractivity contribution is 6.27. The number of esters is 2. The summed E-state index contributed by atoms with van der Waals surface area (Å²) in [5.41, 5.74) is 4.68. The Kier molecular flexibility index (Phi) is 10.6. The van der Waals surface area contributed by atoms with Crippen LogP contribution in [0, 0.1) is 17.3 Å². The Bertz CT molecular complexity index is 1600. The first-order chi connectivity index (χ1) is 21.5. The van der Waals surface area contributed by atoms with Crippen LogP contribution >= 0.6 is 0 Å². The highest BCUT2D eigenvalue weighted by Gasteiger charge is 2.36. The smallest absolute Gasteiger partial charge is 0.341 e. The minimum Gasteiger partial charge on any atom is -0.465 e. The van der Waals surface area contributed by atoms with E-state index in [1.807, 2.05) is 26.0 Å². The Morgan fingerprint density at radius 1 is 1.00 bits per heavy atom. The van der Waals surface area contributed by atoms with Crippen molar-refractivity contribution in [2.45, 2.75) is 53.8 Å². The van der Waals surface area contributed by atoms with Crippen molar-refractivity contribution in [1.82, 2.24) is 9.97 Å². The van der Waals surface area contributed by atoms with E-state index < -0.39 is 24.0 Å². The summed E-state index contributed by atoms with van der Waals surface area (Å²) >= 11 is 0. The van der Waals surface area contributed by atoms with Crippen molar-refractivity contribution in [2.75, 3.05) is 27.9 Å². The van der Waals surface area contributed by atoms with Crippen LogP contribution < -0.4 is 0 Å². The average molecular weight is 619 g/mol. The molecule has 11 nitrogen and oxygen atoms in total. The molecule has 2 aliphatic heterocycles. The number of ether oxygens (including phenoxy) is 4. The van der Waals surface area contributed by atoms with Gasteiger partial charge in [0.25, 0.3) is 0 Å². The summed E-state index contributed by atoms with van der Waals surface area (Å²) in [6, 6.07) is 3.39. The van der Waals surface area contributed by atoms with Crippen molar-refractivity contribution in [1.29, 1.82) is 0 Å². The van der Waals surface area contributed by atoms with Gasteiger partial charge < -0.3 is 28.9 Å². The van der Waals surface area contributed by atoms with Crippen LogP contribution in [0.5, 0.6) is 0 Å². The summed E-state index contributed by atoms with van der Waals surface area (Å²) in [5, 5.41) is 0. The fraction of sp³-hybridized carbons (Fsp3) is 0.441. The van der Waals surface area contributed by atoms with Gasteiger partial charge in [0.15, 0.2) is 6.29 Å². The third-order valence-electron chi connectivity index (χ3n) is 8.15. The second kappa shape index (κ2) is 14.2. The van der Waals surface area contributed by atoms with E-state index in [9.17, 15) is 14.4 Å². The second-order valence-electron chi connectivity index (χ2n) is 11.7. The highest BCUT2D eigenvalue weighted by atomic mass is 16.7. The Labute approximate surface area is 263 Å². The molecule has 0 bridgehead atoms. The van der Waals surface area contributed by atoms with Crippen molar-refractivity contribution in [3.8, 4) is 0 Å². The van der Waals surface area contributed by atoms with E-state index >= 15 is 0 Å². The van der Waals surface area contributed by atoms with Crippen molar-refractivity contribution in [3.05, 3.63) is 70.1 Å². The molecule has 0 saturated heterocycles. The number of carbonyl (C=O) groups excluding carboxylic acids is 3. The lowest BCUT2D eigenvalue weighted by atomic mass is 9.86. The summed E-state index contributed by atoms with van der Waals surface area (Å²) in [5.74, 6) is -1.66. The lowest BCUT2D eigenvalue weighted by molar-refractivity contribution is -0.135. The number of nitrogens with zero attached hydrogens (tertiary/aromatic N) is 2. The number of nitrogens with one attached hydrogen (secondary N) is 2. The summed E-state index contributed by atoms with van der Waals surface area (Å²) in [7, 11) is 4.39. The Morgan fingerprint density at radius 2 is 1.64 bits per heavy atom. The van der Waals surface area contributed by atoms with Crippen LogP contribution in [-0.2, 0) is 23.7 Å². The van der Waals surface area contributed by atoms with E-state index in [2.05, 4.69) is 23.8 Å². The first-order valence-corrected chi connectivity index (χ1v) is 15.0. The molecule has 2 aromatic rings. The zero-order valence-corrected chi connectivity index (χ0v) is 27.1. The van der Waals surface area contributed by atoms with E-state index in [0.717, 1.165) is 23.5 Å². The summed E-state index contributed by atoms with van der Waals surface area (Å²) in [6.07, 6.45) is 9.32. The molecule has 2 aromatic heterocycles. The second-order valence-corrected chi connectivity index (χ2v) is 11.7. The van der Waals surface area contributed by atoms with Gasteiger partial charge >= 0.3 is 11.9 Å². The molecule has 45 heavy (non-hydrogen) atoms. The normalized spacial score (nSPS) is 21.4. The van der Waals surface area contributed by atoms with E-state index in [-0.39, 0.29) is 29.4 Å². The lowest BCUT2D eigenvalue weighted by Gasteiger charge is -2.19. The third kappa shape index (κ3) is 7.32. The maximum absolute atomic E-state index is 13.7. The van der Waals surface area contributed by atoms with Crippen LogP contribution in [0.1, 0.15) is 79.6 Å². The summed E-state index contributed by atoms with van der Waals surface area (Å²) in [6.45, 7) is 10.3. The van der Waals surface area contributed by atoms with E-state index in [0.29, 0.717) is 34.6 Å². The van der Waals surface area contributed by atoms with Crippen molar-refractivity contribution >= 4 is 41.3 Å². The lowest BCUT2D eigenvalue weighted by Crippen LogP contribution is -2.25. The number of ketones is 1. The molecule has 0 aliphatic carbocycles. The van der Waals surface area contributed by atoms with Crippen LogP contribution in [0.15, 0.2) is 57.6 Å². The number of Topliss-reactive ketones (excluding diaryl/α,β-unsaturated/α-hetero) is 1. The number of aliphatic imine (C=N–C) groups is 2. The first-order valence-electron chi connectivity index (χ1n) is 15.0. The van der Waals surface area contributed by atoms with Crippen molar-refractivity contribution in [2.24, 2.45) is 27.2 Å². The number of rotatable bonds is 12. The zero-order valence-electron chi connectivity index (χ0n) is 27.1. The quantitative estimate of drug-likeness (QED) is 0.0765. The SMILES string of the molecule is CCOC(=O)c1c[nH]c(/C=C2N=C(/C=C(/C(=O)OC)C(=O)c3c[nH]c(/C=C4\N=C(C(OC)OC)CC4(C)C)c3)[C@@H](CC)[C@@H]\2C)c1. The van der Waals surface area contributed by atoms with Gasteiger partial charge in [-0.3, -0.25) is 14.8 Å². The standard InChI is InChI=1S/C34H42N4O7/c1-9-24-19(3)26(13-22-12-21(18-36-22)31(40)45-10-2)37-27(24)15-25(32(41)42-6)30(39)20-11-23(35-17-20)14-29-34(4,5)16-28(38-29)33(43-7)44-8/h11-15,17-19,24,33,35-36H,9-10,16H2,1-8H3/b25-15+,26-13-,29-14-/t19-,24-/m0/s1. The van der Waals surface area contributed by atoms with Gasteiger partial charge in [-0.15, -0.1) is 0 Å². The molecule has 4 rings (SSSR count). The van der Waals surface area contributed by atoms with E-state index in [1.54, 1.807) is 45.7 Å². The Morgan fingerprint density at radius 3 is 2.27 bits per heavy atom. The van der Waals surface area contributed by atoms with Crippen LogP contribution in [0.4, 0.5) is 0 Å². The van der Waals surface area contributed by atoms with Gasteiger partial charge in [-0.2, -0.15) is 0 Å². The molecule has 0 fully saturated rings. The van der Waals surface area contributed by atoms with Gasteiger partial charge in [-0.25, -0.2) is 9.59 Å². The number of aromatic amines is 2. The predicted molar refractivity (Wildman–Crippen MR) is 172 cm³/mol. The van der Waals surface area contributed by atoms with Gasteiger partial charge in [0.2, 0.25) is 5.78 Å². The molecule has 0 saturated carbocycles. The molecular weight excluding hydrogens is 576 g/mol. The van der Waals surface area contributed by atoms with Crippen molar-refractivity contribution < 1.29 is 33.3 Å². The molecule has 2 N–H and O–H groups in total. The summed E-state index contributed by atoms with van der Waals surface area (Å²) < 4.78 is 20.9. The largest absolute Gasteiger partial charge is 0.465 e. The predicted octanol–water partition coefficient (Wildman–Crippen LogP) is 5.79. The molecule has 4 heterocycles. The molecule has 0 aromatic carbocycles. The molecule has 0 unspecified atom stereocenters. The third-order valence-corrected chi connectivity index (χ3v) is 8.15. The number of aromatic nitrogens is 2. The molecule has 0 spiro atoms. The van der Waals surface area contributed by atoms with Crippen LogP contribution in [0.2, 0.25) is 0 Å². The number of hydrogen-bond donors (Lipinski definition) is 2.